The molecule has 0 radical (unpaired) electrons. The van der Waals surface area contributed by atoms with Gasteiger partial charge >= 0.3 is 0 Å². The Bertz CT molecular complexity index is 428. The van der Waals surface area contributed by atoms with E-state index >= 15 is 0 Å². The van der Waals surface area contributed by atoms with Crippen molar-refractivity contribution in [2.45, 2.75) is 19.4 Å². The Morgan fingerprint density at radius 3 is 2.78 bits per heavy atom. The van der Waals surface area contributed by atoms with Gasteiger partial charge in [-0.1, -0.05) is 28.9 Å². The fourth-order valence-corrected chi connectivity index (χ4v) is 2.57. The molecule has 98 valence electrons. The van der Waals surface area contributed by atoms with Gasteiger partial charge in [0.1, 0.15) is 5.84 Å². The molecular formula is C13H18ClN3O. The third kappa shape index (κ3) is 3.37. The van der Waals surface area contributed by atoms with Gasteiger partial charge in [0, 0.05) is 17.5 Å². The molecule has 1 aliphatic rings. The van der Waals surface area contributed by atoms with E-state index in [9.17, 15) is 0 Å². The van der Waals surface area contributed by atoms with E-state index in [-0.39, 0.29) is 5.92 Å². The summed E-state index contributed by atoms with van der Waals surface area (Å²) in [5.74, 6) is 0.572. The molecule has 0 amide bonds. The van der Waals surface area contributed by atoms with E-state index in [4.69, 9.17) is 22.5 Å². The molecule has 5 heteroatoms. The molecule has 0 unspecified atom stereocenters. The van der Waals surface area contributed by atoms with Gasteiger partial charge in [-0.05, 0) is 43.6 Å². The number of nitrogens with zero attached hydrogens (tertiary/aromatic N) is 2. The first-order valence-corrected chi connectivity index (χ1v) is 6.51. The lowest BCUT2D eigenvalue weighted by molar-refractivity contribution is 0.198. The van der Waals surface area contributed by atoms with Gasteiger partial charge in [-0.3, -0.25) is 4.90 Å². The Labute approximate surface area is 112 Å². The van der Waals surface area contributed by atoms with E-state index in [0.717, 1.165) is 37.5 Å². The number of amidine groups is 1. The van der Waals surface area contributed by atoms with Crippen molar-refractivity contribution in [2.24, 2.45) is 16.8 Å². The predicted molar refractivity (Wildman–Crippen MR) is 72.9 cm³/mol. The normalized spacial score (nSPS) is 19.1. The Morgan fingerprint density at radius 1 is 1.44 bits per heavy atom. The highest BCUT2D eigenvalue weighted by atomic mass is 35.5. The lowest BCUT2D eigenvalue weighted by Gasteiger charge is -2.31. The number of rotatable bonds is 3. The van der Waals surface area contributed by atoms with Gasteiger partial charge in [0.25, 0.3) is 0 Å². The van der Waals surface area contributed by atoms with E-state index < -0.39 is 0 Å². The molecule has 0 spiro atoms. The van der Waals surface area contributed by atoms with Crippen molar-refractivity contribution >= 4 is 17.4 Å². The predicted octanol–water partition coefficient (Wildman–Crippen LogP) is 2.30. The Kier molecular flexibility index (Phi) is 4.44. The maximum Gasteiger partial charge on any atom is 0.142 e. The van der Waals surface area contributed by atoms with Gasteiger partial charge in [-0.25, -0.2) is 0 Å². The third-order valence-corrected chi connectivity index (χ3v) is 3.65. The Hall–Kier alpha value is -1.26. The van der Waals surface area contributed by atoms with Gasteiger partial charge in [0.15, 0.2) is 0 Å². The molecule has 0 aromatic heterocycles. The summed E-state index contributed by atoms with van der Waals surface area (Å²) in [6.07, 6.45) is 1.88. The van der Waals surface area contributed by atoms with Gasteiger partial charge in [-0.15, -0.1) is 0 Å². The molecule has 1 saturated heterocycles. The van der Waals surface area contributed by atoms with Crippen molar-refractivity contribution in [1.82, 2.24) is 4.90 Å². The van der Waals surface area contributed by atoms with Crippen molar-refractivity contribution in [1.29, 1.82) is 0 Å². The maximum absolute atomic E-state index is 8.65. The summed E-state index contributed by atoms with van der Waals surface area (Å²) in [5.41, 5.74) is 6.86. The smallest absolute Gasteiger partial charge is 0.142 e. The van der Waals surface area contributed by atoms with Crippen molar-refractivity contribution in [3.05, 3.63) is 34.9 Å². The molecule has 0 bridgehead atoms. The molecule has 0 atom stereocenters. The third-order valence-electron chi connectivity index (χ3n) is 3.42. The monoisotopic (exact) mass is 267 g/mol. The number of halogens is 1. The van der Waals surface area contributed by atoms with Crippen LogP contribution in [0.4, 0.5) is 0 Å². The Morgan fingerprint density at radius 2 is 2.17 bits per heavy atom. The van der Waals surface area contributed by atoms with Crippen LogP contribution in [0.1, 0.15) is 18.4 Å². The number of likely N-dealkylation sites (tertiary alicyclic amines) is 1. The standard InChI is InChI=1S/C13H18ClN3O/c14-12-3-1-2-10(8-12)9-17-6-4-11(5-7-17)13(15)16-18/h1-3,8,11,18H,4-7,9H2,(H2,15,16). The molecule has 1 aliphatic heterocycles. The summed E-state index contributed by atoms with van der Waals surface area (Å²) in [7, 11) is 0. The van der Waals surface area contributed by atoms with Crippen LogP contribution in [0.15, 0.2) is 29.4 Å². The van der Waals surface area contributed by atoms with Crippen LogP contribution in [0.3, 0.4) is 0 Å². The molecular weight excluding hydrogens is 250 g/mol. The average Bonchev–Trinajstić information content (AvgIpc) is 2.39. The molecule has 0 saturated carbocycles. The molecule has 1 aromatic rings. The van der Waals surface area contributed by atoms with Crippen LogP contribution in [0, 0.1) is 5.92 Å². The van der Waals surface area contributed by atoms with Gasteiger partial charge in [0.05, 0.1) is 0 Å². The number of piperidine rings is 1. The maximum atomic E-state index is 8.65. The lowest BCUT2D eigenvalue weighted by atomic mass is 9.95. The zero-order chi connectivity index (χ0) is 13.0. The van der Waals surface area contributed by atoms with Crippen LogP contribution in [0.25, 0.3) is 0 Å². The summed E-state index contributed by atoms with van der Waals surface area (Å²) >= 11 is 5.97. The highest BCUT2D eigenvalue weighted by Crippen LogP contribution is 2.20. The Balaban J connectivity index is 1.87. The first kappa shape index (κ1) is 13.2. The van der Waals surface area contributed by atoms with Crippen molar-refractivity contribution < 1.29 is 5.21 Å². The molecule has 18 heavy (non-hydrogen) atoms. The molecule has 2 rings (SSSR count). The van der Waals surface area contributed by atoms with E-state index in [1.54, 1.807) is 0 Å². The zero-order valence-corrected chi connectivity index (χ0v) is 11.0. The summed E-state index contributed by atoms with van der Waals surface area (Å²) in [5, 5.41) is 12.5. The van der Waals surface area contributed by atoms with Crippen molar-refractivity contribution in [2.75, 3.05) is 13.1 Å². The molecule has 4 nitrogen and oxygen atoms in total. The van der Waals surface area contributed by atoms with Crippen LogP contribution >= 0.6 is 11.6 Å². The molecule has 1 heterocycles. The second-order valence-corrected chi connectivity index (χ2v) is 5.14. The minimum Gasteiger partial charge on any atom is -0.409 e. The second kappa shape index (κ2) is 6.07. The van der Waals surface area contributed by atoms with Gasteiger partial charge in [0.2, 0.25) is 0 Å². The summed E-state index contributed by atoms with van der Waals surface area (Å²) in [6.45, 7) is 2.84. The SMILES string of the molecule is NC(=NO)C1CCN(Cc2cccc(Cl)c2)CC1. The van der Waals surface area contributed by atoms with Crippen LogP contribution in [-0.2, 0) is 6.54 Å². The van der Waals surface area contributed by atoms with E-state index in [2.05, 4.69) is 16.1 Å². The lowest BCUT2D eigenvalue weighted by Crippen LogP contribution is -2.38. The second-order valence-electron chi connectivity index (χ2n) is 4.71. The highest BCUT2D eigenvalue weighted by molar-refractivity contribution is 6.30. The minimum atomic E-state index is 0.214. The van der Waals surface area contributed by atoms with Gasteiger partial charge < -0.3 is 10.9 Å². The van der Waals surface area contributed by atoms with Crippen LogP contribution < -0.4 is 5.73 Å². The number of oxime groups is 1. The first-order valence-electron chi connectivity index (χ1n) is 6.13. The molecule has 1 fully saturated rings. The fraction of sp³-hybridized carbons (Fsp3) is 0.462. The topological polar surface area (TPSA) is 61.9 Å². The van der Waals surface area contributed by atoms with Crippen molar-refractivity contribution in [3.8, 4) is 0 Å². The summed E-state index contributed by atoms with van der Waals surface area (Å²) in [6, 6.07) is 7.94. The minimum absolute atomic E-state index is 0.214. The number of hydrogen-bond acceptors (Lipinski definition) is 3. The van der Waals surface area contributed by atoms with E-state index in [1.807, 2.05) is 18.2 Å². The first-order chi connectivity index (χ1) is 8.69. The van der Waals surface area contributed by atoms with Crippen LogP contribution in [0.2, 0.25) is 5.02 Å². The van der Waals surface area contributed by atoms with Gasteiger partial charge in [-0.2, -0.15) is 0 Å². The zero-order valence-electron chi connectivity index (χ0n) is 10.2. The summed E-state index contributed by atoms with van der Waals surface area (Å²) in [4.78, 5) is 2.37. The average molecular weight is 268 g/mol. The number of hydrogen-bond donors (Lipinski definition) is 2. The molecule has 3 N–H and O–H groups in total. The largest absolute Gasteiger partial charge is 0.409 e. The van der Waals surface area contributed by atoms with Crippen LogP contribution in [0.5, 0.6) is 0 Å². The molecule has 1 aromatic carbocycles. The molecule has 0 aliphatic carbocycles. The quantitative estimate of drug-likeness (QED) is 0.382. The fourth-order valence-electron chi connectivity index (χ4n) is 2.36. The number of nitrogens with two attached hydrogens (primary N) is 1. The van der Waals surface area contributed by atoms with E-state index in [0.29, 0.717) is 5.84 Å². The van der Waals surface area contributed by atoms with Crippen molar-refractivity contribution in [3.63, 3.8) is 0 Å². The highest BCUT2D eigenvalue weighted by Gasteiger charge is 2.22. The number of benzene rings is 1. The summed E-state index contributed by atoms with van der Waals surface area (Å²) < 4.78 is 0. The van der Waals surface area contributed by atoms with E-state index in [1.165, 1.54) is 5.56 Å². The van der Waals surface area contributed by atoms with Crippen LogP contribution in [-0.4, -0.2) is 29.0 Å².